The molecule has 2 rings (SSSR count). The molecule has 0 bridgehead atoms. The summed E-state index contributed by atoms with van der Waals surface area (Å²) < 4.78 is 13.7. The molecule has 2 N–H and O–H groups in total. The lowest BCUT2D eigenvalue weighted by atomic mass is 10.1. The standard InChI is InChI=1S/C21H29FN4.HI/c1-4-23-21(24-14-13-19-7-5-6-8-20(19)22)25-15-17-9-11-18(12-10-17)16-26(2)3;/h5-12H,4,13-16H2,1-3H3,(H2,23,24,25);1H. The summed E-state index contributed by atoms with van der Waals surface area (Å²) in [6, 6.07) is 15.4. The molecule has 6 heteroatoms. The van der Waals surface area contributed by atoms with Crippen molar-refractivity contribution >= 4 is 29.9 Å². The zero-order chi connectivity index (χ0) is 18.8. The Balaban J connectivity index is 0.00000364. The predicted molar refractivity (Wildman–Crippen MR) is 122 cm³/mol. The summed E-state index contributed by atoms with van der Waals surface area (Å²) in [5, 5.41) is 6.50. The Morgan fingerprint density at radius 3 is 2.30 bits per heavy atom. The van der Waals surface area contributed by atoms with Gasteiger partial charge in [-0.05, 0) is 50.2 Å². The van der Waals surface area contributed by atoms with Gasteiger partial charge in [0, 0.05) is 19.6 Å². The van der Waals surface area contributed by atoms with Crippen molar-refractivity contribution in [2.24, 2.45) is 4.99 Å². The minimum absolute atomic E-state index is 0. The lowest BCUT2D eigenvalue weighted by Gasteiger charge is -2.12. The third-order valence-electron chi connectivity index (χ3n) is 3.93. The third-order valence-corrected chi connectivity index (χ3v) is 3.93. The van der Waals surface area contributed by atoms with Crippen LogP contribution in [0.15, 0.2) is 53.5 Å². The monoisotopic (exact) mass is 484 g/mol. The molecule has 0 radical (unpaired) electrons. The largest absolute Gasteiger partial charge is 0.357 e. The normalized spacial score (nSPS) is 11.2. The number of nitrogens with one attached hydrogen (secondary N) is 2. The van der Waals surface area contributed by atoms with Crippen molar-refractivity contribution in [2.75, 3.05) is 27.2 Å². The van der Waals surface area contributed by atoms with Gasteiger partial charge in [0.1, 0.15) is 5.82 Å². The highest BCUT2D eigenvalue weighted by molar-refractivity contribution is 14.0. The van der Waals surface area contributed by atoms with E-state index < -0.39 is 0 Å². The van der Waals surface area contributed by atoms with Gasteiger partial charge in [-0.3, -0.25) is 0 Å². The number of benzene rings is 2. The van der Waals surface area contributed by atoms with Crippen molar-refractivity contribution in [3.8, 4) is 0 Å². The van der Waals surface area contributed by atoms with Crippen molar-refractivity contribution in [3.05, 3.63) is 71.0 Å². The minimum atomic E-state index is -0.158. The van der Waals surface area contributed by atoms with Gasteiger partial charge in [-0.15, -0.1) is 24.0 Å². The number of halogens is 2. The molecule has 0 heterocycles. The number of hydrogen-bond acceptors (Lipinski definition) is 2. The molecule has 4 nitrogen and oxygen atoms in total. The molecular weight excluding hydrogens is 454 g/mol. The SMILES string of the molecule is CCNC(=NCc1ccc(CN(C)C)cc1)NCCc1ccccc1F.I. The fourth-order valence-corrected chi connectivity index (χ4v) is 2.64. The molecule has 0 aliphatic rings. The lowest BCUT2D eigenvalue weighted by Crippen LogP contribution is -2.38. The summed E-state index contributed by atoms with van der Waals surface area (Å²) in [5.41, 5.74) is 3.17. The molecule has 2 aromatic carbocycles. The summed E-state index contributed by atoms with van der Waals surface area (Å²) in [7, 11) is 4.13. The molecule has 0 atom stereocenters. The Hall–Kier alpha value is -1.67. The van der Waals surface area contributed by atoms with Crippen LogP contribution < -0.4 is 10.6 Å². The Morgan fingerprint density at radius 1 is 1.00 bits per heavy atom. The fourth-order valence-electron chi connectivity index (χ4n) is 2.64. The molecule has 0 aliphatic carbocycles. The number of aliphatic imine (C=N–C) groups is 1. The van der Waals surface area contributed by atoms with E-state index in [-0.39, 0.29) is 29.8 Å². The number of nitrogens with zero attached hydrogens (tertiary/aromatic N) is 2. The summed E-state index contributed by atoms with van der Waals surface area (Å²) in [6.45, 7) is 4.99. The highest BCUT2D eigenvalue weighted by Crippen LogP contribution is 2.08. The van der Waals surface area contributed by atoms with Crippen molar-refractivity contribution in [1.82, 2.24) is 15.5 Å². The van der Waals surface area contributed by atoms with Crippen LogP contribution in [0.2, 0.25) is 0 Å². The van der Waals surface area contributed by atoms with E-state index in [4.69, 9.17) is 0 Å². The van der Waals surface area contributed by atoms with E-state index in [1.165, 1.54) is 17.2 Å². The predicted octanol–water partition coefficient (Wildman–Crippen LogP) is 3.80. The van der Waals surface area contributed by atoms with Crippen molar-refractivity contribution in [3.63, 3.8) is 0 Å². The molecule has 2 aromatic rings. The summed E-state index contributed by atoms with van der Waals surface area (Å²) in [4.78, 5) is 6.77. The molecule has 0 aromatic heterocycles. The van der Waals surface area contributed by atoms with Gasteiger partial charge >= 0.3 is 0 Å². The van der Waals surface area contributed by atoms with Crippen LogP contribution in [0.5, 0.6) is 0 Å². The highest BCUT2D eigenvalue weighted by Gasteiger charge is 2.02. The van der Waals surface area contributed by atoms with Gasteiger partial charge in [-0.25, -0.2) is 9.38 Å². The van der Waals surface area contributed by atoms with Crippen LogP contribution in [0, 0.1) is 5.82 Å². The minimum Gasteiger partial charge on any atom is -0.357 e. The maximum Gasteiger partial charge on any atom is 0.191 e. The number of hydrogen-bond donors (Lipinski definition) is 2. The number of rotatable bonds is 8. The maximum absolute atomic E-state index is 13.7. The average Bonchev–Trinajstić information content (AvgIpc) is 2.62. The van der Waals surface area contributed by atoms with E-state index in [1.807, 2.05) is 19.1 Å². The van der Waals surface area contributed by atoms with E-state index in [9.17, 15) is 4.39 Å². The first-order valence-corrected chi connectivity index (χ1v) is 9.06. The molecule has 27 heavy (non-hydrogen) atoms. The second kappa shape index (κ2) is 12.7. The quantitative estimate of drug-likeness (QED) is 0.340. The first-order valence-electron chi connectivity index (χ1n) is 9.06. The first kappa shape index (κ1) is 23.4. The van der Waals surface area contributed by atoms with Crippen LogP contribution in [-0.2, 0) is 19.5 Å². The van der Waals surface area contributed by atoms with Gasteiger partial charge in [-0.1, -0.05) is 42.5 Å². The zero-order valence-corrected chi connectivity index (χ0v) is 18.7. The topological polar surface area (TPSA) is 39.7 Å². The molecule has 148 valence electrons. The Kier molecular flexibility index (Phi) is 11.0. The van der Waals surface area contributed by atoms with Gasteiger partial charge in [0.25, 0.3) is 0 Å². The maximum atomic E-state index is 13.7. The number of guanidine groups is 1. The summed E-state index contributed by atoms with van der Waals surface area (Å²) in [6.07, 6.45) is 0.621. The Morgan fingerprint density at radius 2 is 1.67 bits per heavy atom. The van der Waals surface area contributed by atoms with E-state index in [2.05, 4.69) is 58.9 Å². The smallest absolute Gasteiger partial charge is 0.191 e. The van der Waals surface area contributed by atoms with Crippen LogP contribution in [-0.4, -0.2) is 38.0 Å². The third kappa shape index (κ3) is 8.71. The van der Waals surface area contributed by atoms with Gasteiger partial charge < -0.3 is 15.5 Å². The molecule has 0 saturated heterocycles. The van der Waals surface area contributed by atoms with Crippen molar-refractivity contribution in [1.29, 1.82) is 0 Å². The molecule has 0 amide bonds. The van der Waals surface area contributed by atoms with Gasteiger partial charge in [0.15, 0.2) is 5.96 Å². The summed E-state index contributed by atoms with van der Waals surface area (Å²) in [5.74, 6) is 0.593. The van der Waals surface area contributed by atoms with Crippen LogP contribution >= 0.6 is 24.0 Å². The van der Waals surface area contributed by atoms with E-state index >= 15 is 0 Å². The summed E-state index contributed by atoms with van der Waals surface area (Å²) >= 11 is 0. The second-order valence-corrected chi connectivity index (χ2v) is 6.52. The van der Waals surface area contributed by atoms with Gasteiger partial charge in [-0.2, -0.15) is 0 Å². The van der Waals surface area contributed by atoms with Crippen molar-refractivity contribution in [2.45, 2.75) is 26.4 Å². The first-order chi connectivity index (χ1) is 12.6. The molecule has 0 unspecified atom stereocenters. The van der Waals surface area contributed by atoms with Crippen LogP contribution in [0.25, 0.3) is 0 Å². The fraction of sp³-hybridized carbons (Fsp3) is 0.381. The molecular formula is C21H30FIN4. The van der Waals surface area contributed by atoms with Crippen LogP contribution in [0.1, 0.15) is 23.6 Å². The molecule has 0 saturated carbocycles. The second-order valence-electron chi connectivity index (χ2n) is 6.52. The molecule has 0 aliphatic heterocycles. The molecule has 0 spiro atoms. The van der Waals surface area contributed by atoms with E-state index in [0.29, 0.717) is 25.1 Å². The van der Waals surface area contributed by atoms with E-state index in [1.54, 1.807) is 6.07 Å². The highest BCUT2D eigenvalue weighted by atomic mass is 127. The average molecular weight is 484 g/mol. The Bertz CT molecular complexity index is 702. The van der Waals surface area contributed by atoms with E-state index in [0.717, 1.165) is 19.0 Å². The molecule has 0 fully saturated rings. The lowest BCUT2D eigenvalue weighted by molar-refractivity contribution is 0.402. The van der Waals surface area contributed by atoms with Gasteiger partial charge in [0.05, 0.1) is 6.54 Å². The van der Waals surface area contributed by atoms with Crippen LogP contribution in [0.3, 0.4) is 0 Å². The van der Waals surface area contributed by atoms with Gasteiger partial charge in [0.2, 0.25) is 0 Å². The Labute approximate surface area is 179 Å². The van der Waals surface area contributed by atoms with Crippen LogP contribution in [0.4, 0.5) is 4.39 Å². The van der Waals surface area contributed by atoms with Crippen molar-refractivity contribution < 1.29 is 4.39 Å². The zero-order valence-electron chi connectivity index (χ0n) is 16.3.